The zero-order valence-corrected chi connectivity index (χ0v) is 17.3. The molecule has 6 nitrogen and oxygen atoms in total. The first-order chi connectivity index (χ1) is 14.1. The quantitative estimate of drug-likeness (QED) is 0.463. The fourth-order valence-electron chi connectivity index (χ4n) is 2.64. The van der Waals surface area contributed by atoms with E-state index in [2.05, 4.69) is 29.8 Å². The van der Waals surface area contributed by atoms with Crippen molar-refractivity contribution in [3.63, 3.8) is 0 Å². The number of hydrogen-bond donors (Lipinski definition) is 3. The molecule has 2 aromatic rings. The number of rotatable bonds is 12. The molecule has 0 radical (unpaired) electrons. The molecule has 29 heavy (non-hydrogen) atoms. The molecule has 156 valence electrons. The predicted octanol–water partition coefficient (Wildman–Crippen LogP) is 4.45. The van der Waals surface area contributed by atoms with Crippen molar-refractivity contribution in [1.82, 2.24) is 5.32 Å². The molecule has 3 N–H and O–H groups in total. The van der Waals surface area contributed by atoms with Crippen LogP contribution in [0, 0.1) is 0 Å². The number of hydrogen-bond acceptors (Lipinski definition) is 4. The van der Waals surface area contributed by atoms with Gasteiger partial charge in [0.05, 0.1) is 13.2 Å². The van der Waals surface area contributed by atoms with Crippen LogP contribution in [0.25, 0.3) is 0 Å². The highest BCUT2D eigenvalue weighted by molar-refractivity contribution is 5.96. The van der Waals surface area contributed by atoms with Crippen molar-refractivity contribution in [2.24, 2.45) is 0 Å². The predicted molar refractivity (Wildman–Crippen MR) is 118 cm³/mol. The summed E-state index contributed by atoms with van der Waals surface area (Å²) in [6, 6.07) is 14.5. The van der Waals surface area contributed by atoms with Gasteiger partial charge in [-0.05, 0) is 43.2 Å². The average molecular weight is 398 g/mol. The van der Waals surface area contributed by atoms with E-state index in [0.29, 0.717) is 24.4 Å². The third-order valence-electron chi connectivity index (χ3n) is 4.28. The lowest BCUT2D eigenvalue weighted by Crippen LogP contribution is -2.25. The van der Waals surface area contributed by atoms with Crippen LogP contribution < -0.4 is 20.7 Å². The van der Waals surface area contributed by atoms with Crippen LogP contribution in [0.2, 0.25) is 0 Å². The van der Waals surface area contributed by atoms with Gasteiger partial charge in [0.1, 0.15) is 5.75 Å². The molecule has 0 aliphatic heterocycles. The smallest absolute Gasteiger partial charge is 0.251 e. The summed E-state index contributed by atoms with van der Waals surface area (Å²) in [5.74, 6) is 0.464. The summed E-state index contributed by atoms with van der Waals surface area (Å²) in [5, 5.41) is 8.80. The Hall–Kier alpha value is -3.02. The Morgan fingerprint density at radius 2 is 1.69 bits per heavy atom. The van der Waals surface area contributed by atoms with Gasteiger partial charge in [0.25, 0.3) is 5.91 Å². The summed E-state index contributed by atoms with van der Waals surface area (Å²) >= 11 is 0. The number of carbonyl (C=O) groups excluding carboxylic acids is 2. The van der Waals surface area contributed by atoms with Gasteiger partial charge in [0, 0.05) is 29.5 Å². The second kappa shape index (κ2) is 12.4. The third-order valence-corrected chi connectivity index (χ3v) is 4.28. The molecule has 2 amide bonds. The van der Waals surface area contributed by atoms with Gasteiger partial charge in [-0.1, -0.05) is 38.8 Å². The van der Waals surface area contributed by atoms with Gasteiger partial charge in [-0.2, -0.15) is 0 Å². The number of ether oxygens (including phenoxy) is 1. The Balaban J connectivity index is 1.84. The highest BCUT2D eigenvalue weighted by Crippen LogP contribution is 2.18. The number of benzene rings is 2. The maximum atomic E-state index is 12.3. The summed E-state index contributed by atoms with van der Waals surface area (Å²) in [6.07, 6.45) is 4.05. The van der Waals surface area contributed by atoms with E-state index in [9.17, 15) is 9.59 Å². The van der Waals surface area contributed by atoms with E-state index in [-0.39, 0.29) is 18.4 Å². The standard InChI is InChI=1S/C23H31N3O3/c1-3-5-13-24-23(28)18-9-7-10-19(15-18)25-17-22(27)26-20-11-8-12-21(16-20)29-14-6-4-2/h7-12,15-16,25H,3-6,13-14,17H2,1-2H3,(H,24,28)(H,26,27). The number of nitrogens with one attached hydrogen (secondary N) is 3. The maximum absolute atomic E-state index is 12.3. The lowest BCUT2D eigenvalue weighted by molar-refractivity contribution is -0.114. The summed E-state index contributed by atoms with van der Waals surface area (Å²) in [4.78, 5) is 24.4. The van der Waals surface area contributed by atoms with E-state index in [1.54, 1.807) is 18.2 Å². The lowest BCUT2D eigenvalue weighted by Gasteiger charge is -2.11. The van der Waals surface area contributed by atoms with Gasteiger partial charge in [0.15, 0.2) is 0 Å². The first-order valence-corrected chi connectivity index (χ1v) is 10.3. The Morgan fingerprint density at radius 3 is 2.48 bits per heavy atom. The molecule has 2 aromatic carbocycles. The Bertz CT molecular complexity index is 792. The lowest BCUT2D eigenvalue weighted by atomic mass is 10.2. The normalized spacial score (nSPS) is 10.3. The number of amides is 2. The van der Waals surface area contributed by atoms with Crippen LogP contribution >= 0.6 is 0 Å². The molecule has 2 rings (SSSR count). The molecule has 0 atom stereocenters. The first kappa shape index (κ1) is 22.3. The van der Waals surface area contributed by atoms with Crippen LogP contribution in [0.5, 0.6) is 5.75 Å². The molecule has 0 aliphatic carbocycles. The van der Waals surface area contributed by atoms with Crippen LogP contribution in [-0.4, -0.2) is 31.5 Å². The van der Waals surface area contributed by atoms with Crippen molar-refractivity contribution >= 4 is 23.2 Å². The molecule has 0 bridgehead atoms. The van der Waals surface area contributed by atoms with E-state index in [4.69, 9.17) is 4.74 Å². The molecule has 0 aliphatic rings. The van der Waals surface area contributed by atoms with E-state index in [0.717, 1.165) is 37.1 Å². The number of anilines is 2. The molecule has 0 aromatic heterocycles. The molecule has 0 spiro atoms. The van der Waals surface area contributed by atoms with Crippen molar-refractivity contribution in [3.05, 3.63) is 54.1 Å². The summed E-state index contributed by atoms with van der Waals surface area (Å²) < 4.78 is 5.66. The van der Waals surface area contributed by atoms with E-state index >= 15 is 0 Å². The van der Waals surface area contributed by atoms with E-state index in [1.807, 2.05) is 30.3 Å². The highest BCUT2D eigenvalue weighted by Gasteiger charge is 2.07. The van der Waals surface area contributed by atoms with Gasteiger partial charge in [-0.15, -0.1) is 0 Å². The van der Waals surface area contributed by atoms with Crippen molar-refractivity contribution < 1.29 is 14.3 Å². The molecule has 0 heterocycles. The second-order valence-electron chi connectivity index (χ2n) is 6.82. The molecule has 0 saturated carbocycles. The maximum Gasteiger partial charge on any atom is 0.251 e. The summed E-state index contributed by atoms with van der Waals surface area (Å²) in [7, 11) is 0. The average Bonchev–Trinajstić information content (AvgIpc) is 2.73. The Morgan fingerprint density at radius 1 is 0.931 bits per heavy atom. The van der Waals surface area contributed by atoms with Gasteiger partial charge in [-0.25, -0.2) is 0 Å². The minimum absolute atomic E-state index is 0.0990. The molecule has 0 fully saturated rings. The molecule has 6 heteroatoms. The van der Waals surface area contributed by atoms with Gasteiger partial charge >= 0.3 is 0 Å². The van der Waals surface area contributed by atoms with E-state index in [1.165, 1.54) is 0 Å². The molecule has 0 unspecified atom stereocenters. The molecular weight excluding hydrogens is 366 g/mol. The topological polar surface area (TPSA) is 79.5 Å². The minimum Gasteiger partial charge on any atom is -0.494 e. The monoisotopic (exact) mass is 397 g/mol. The van der Waals surface area contributed by atoms with Gasteiger partial charge in [0.2, 0.25) is 5.91 Å². The van der Waals surface area contributed by atoms with Crippen molar-refractivity contribution in [1.29, 1.82) is 0 Å². The summed E-state index contributed by atoms with van der Waals surface area (Å²) in [5.41, 5.74) is 1.98. The Labute approximate surface area is 173 Å². The largest absolute Gasteiger partial charge is 0.494 e. The van der Waals surface area contributed by atoms with E-state index < -0.39 is 0 Å². The minimum atomic E-state index is -0.173. The third kappa shape index (κ3) is 8.25. The van der Waals surface area contributed by atoms with Gasteiger partial charge in [-0.3, -0.25) is 9.59 Å². The SMILES string of the molecule is CCCCNC(=O)c1cccc(NCC(=O)Nc2cccc(OCCCC)c2)c1. The zero-order valence-electron chi connectivity index (χ0n) is 17.3. The fraction of sp³-hybridized carbons (Fsp3) is 0.391. The number of carbonyl (C=O) groups is 2. The summed E-state index contributed by atoms with van der Waals surface area (Å²) in [6.45, 7) is 5.62. The van der Waals surface area contributed by atoms with Crippen LogP contribution in [-0.2, 0) is 4.79 Å². The van der Waals surface area contributed by atoms with Crippen molar-refractivity contribution in [3.8, 4) is 5.75 Å². The molecule has 0 saturated heterocycles. The number of unbranched alkanes of at least 4 members (excludes halogenated alkanes) is 2. The van der Waals surface area contributed by atoms with Crippen molar-refractivity contribution in [2.75, 3.05) is 30.3 Å². The Kier molecular flexibility index (Phi) is 9.55. The van der Waals surface area contributed by atoms with Crippen LogP contribution in [0.15, 0.2) is 48.5 Å². The van der Waals surface area contributed by atoms with Crippen molar-refractivity contribution in [2.45, 2.75) is 39.5 Å². The fourth-order valence-corrected chi connectivity index (χ4v) is 2.64. The first-order valence-electron chi connectivity index (χ1n) is 10.3. The van der Waals surface area contributed by atoms with Crippen LogP contribution in [0.3, 0.4) is 0 Å². The van der Waals surface area contributed by atoms with Crippen LogP contribution in [0.4, 0.5) is 11.4 Å². The molecular formula is C23H31N3O3. The van der Waals surface area contributed by atoms with Crippen LogP contribution in [0.1, 0.15) is 49.9 Å². The van der Waals surface area contributed by atoms with Gasteiger partial charge < -0.3 is 20.7 Å². The highest BCUT2D eigenvalue weighted by atomic mass is 16.5. The zero-order chi connectivity index (χ0) is 20.9. The second-order valence-corrected chi connectivity index (χ2v) is 6.82.